The maximum atomic E-state index is 12.8. The number of fused-ring (bicyclic) bond motifs is 1. The van der Waals surface area contributed by atoms with E-state index in [1.54, 1.807) is 24.3 Å². The van der Waals surface area contributed by atoms with Crippen LogP contribution in [0.2, 0.25) is 0 Å². The Balaban J connectivity index is 1.51. The Morgan fingerprint density at radius 1 is 1.03 bits per heavy atom. The van der Waals surface area contributed by atoms with Crippen LogP contribution < -0.4 is 24.2 Å². The van der Waals surface area contributed by atoms with Crippen LogP contribution in [-0.2, 0) is 10.0 Å². The first kappa shape index (κ1) is 19.5. The van der Waals surface area contributed by atoms with Crippen LogP contribution >= 0.6 is 0 Å². The van der Waals surface area contributed by atoms with E-state index in [-0.39, 0.29) is 17.3 Å². The highest BCUT2D eigenvalue weighted by Crippen LogP contribution is 2.34. The highest BCUT2D eigenvalue weighted by Gasteiger charge is 2.19. The summed E-state index contributed by atoms with van der Waals surface area (Å²) < 4.78 is 43.5. The number of sulfonamides is 1. The van der Waals surface area contributed by atoms with E-state index in [4.69, 9.17) is 14.2 Å². The van der Waals surface area contributed by atoms with Gasteiger partial charge in [0.15, 0.2) is 11.5 Å². The first-order valence-corrected chi connectivity index (χ1v) is 10.3. The van der Waals surface area contributed by atoms with Gasteiger partial charge in [-0.3, -0.25) is 9.52 Å². The van der Waals surface area contributed by atoms with Gasteiger partial charge < -0.3 is 19.5 Å². The molecule has 0 saturated carbocycles. The molecule has 1 aromatic heterocycles. The van der Waals surface area contributed by atoms with Crippen molar-refractivity contribution in [1.29, 1.82) is 0 Å². The van der Waals surface area contributed by atoms with Gasteiger partial charge in [0.1, 0.15) is 0 Å². The molecule has 0 radical (unpaired) electrons. The van der Waals surface area contributed by atoms with Gasteiger partial charge in [-0.1, -0.05) is 6.07 Å². The lowest BCUT2D eigenvalue weighted by Gasteiger charge is -2.10. The van der Waals surface area contributed by atoms with E-state index in [2.05, 4.69) is 15.0 Å². The number of methoxy groups -OCH3 is 1. The standard InChI is InChI=1S/C20H17N3O6S/c1-27-19-8-6-15(11-21-19)22-20(24)13-3-2-4-16(9-13)30(25,26)23-14-5-7-17-18(10-14)29-12-28-17/h2-11,23H,12H2,1H3,(H,22,24). The highest BCUT2D eigenvalue weighted by atomic mass is 32.2. The number of carbonyl (C=O) groups is 1. The topological polar surface area (TPSA) is 116 Å². The van der Waals surface area contributed by atoms with Gasteiger partial charge in [0.2, 0.25) is 12.7 Å². The number of benzene rings is 2. The molecular weight excluding hydrogens is 410 g/mol. The SMILES string of the molecule is COc1ccc(NC(=O)c2cccc(S(=O)(=O)Nc3ccc4c(c3)OCO4)c2)cn1. The van der Waals surface area contributed by atoms with Gasteiger partial charge in [-0.2, -0.15) is 0 Å². The molecule has 0 atom stereocenters. The molecule has 0 saturated heterocycles. The van der Waals surface area contributed by atoms with Crippen LogP contribution in [0.3, 0.4) is 0 Å². The Morgan fingerprint density at radius 3 is 2.60 bits per heavy atom. The quantitative estimate of drug-likeness (QED) is 0.621. The van der Waals surface area contributed by atoms with Crippen molar-refractivity contribution < 1.29 is 27.4 Å². The van der Waals surface area contributed by atoms with E-state index in [0.717, 1.165) is 0 Å². The summed E-state index contributed by atoms with van der Waals surface area (Å²) in [4.78, 5) is 16.5. The van der Waals surface area contributed by atoms with E-state index >= 15 is 0 Å². The summed E-state index contributed by atoms with van der Waals surface area (Å²) in [5.74, 6) is 0.943. The Morgan fingerprint density at radius 2 is 1.83 bits per heavy atom. The smallest absolute Gasteiger partial charge is 0.261 e. The Hall–Kier alpha value is -3.79. The number of rotatable bonds is 6. The first-order chi connectivity index (χ1) is 14.4. The van der Waals surface area contributed by atoms with Gasteiger partial charge in [-0.05, 0) is 36.4 Å². The lowest BCUT2D eigenvalue weighted by atomic mass is 10.2. The van der Waals surface area contributed by atoms with Crippen molar-refractivity contribution in [2.45, 2.75) is 4.90 Å². The Kier molecular flexibility index (Phi) is 5.15. The molecule has 10 heteroatoms. The average Bonchev–Trinajstić information content (AvgIpc) is 3.22. The van der Waals surface area contributed by atoms with E-state index in [0.29, 0.717) is 28.8 Å². The molecule has 2 N–H and O–H groups in total. The van der Waals surface area contributed by atoms with Crippen molar-refractivity contribution in [2.75, 3.05) is 23.9 Å². The van der Waals surface area contributed by atoms with Crippen LogP contribution in [0.1, 0.15) is 10.4 Å². The molecule has 0 aliphatic carbocycles. The van der Waals surface area contributed by atoms with Gasteiger partial charge in [-0.25, -0.2) is 13.4 Å². The molecule has 1 amide bonds. The number of hydrogen-bond acceptors (Lipinski definition) is 7. The molecule has 3 aromatic rings. The van der Waals surface area contributed by atoms with Crippen LogP contribution in [0.5, 0.6) is 17.4 Å². The zero-order chi connectivity index (χ0) is 21.1. The summed E-state index contributed by atoms with van der Waals surface area (Å²) in [6, 6.07) is 13.7. The van der Waals surface area contributed by atoms with Crippen molar-refractivity contribution in [3.63, 3.8) is 0 Å². The van der Waals surface area contributed by atoms with Gasteiger partial charge in [-0.15, -0.1) is 0 Å². The first-order valence-electron chi connectivity index (χ1n) is 8.78. The number of aromatic nitrogens is 1. The van der Waals surface area contributed by atoms with E-state index in [1.165, 1.54) is 43.6 Å². The highest BCUT2D eigenvalue weighted by molar-refractivity contribution is 7.92. The molecule has 0 unspecified atom stereocenters. The molecule has 2 heterocycles. The summed E-state index contributed by atoms with van der Waals surface area (Å²) in [5, 5.41) is 2.66. The van der Waals surface area contributed by atoms with Crippen molar-refractivity contribution in [3.8, 4) is 17.4 Å². The van der Waals surface area contributed by atoms with Crippen molar-refractivity contribution in [1.82, 2.24) is 4.98 Å². The third-order valence-corrected chi connectivity index (χ3v) is 5.61. The lowest BCUT2D eigenvalue weighted by molar-refractivity contribution is 0.102. The van der Waals surface area contributed by atoms with Gasteiger partial charge in [0.25, 0.3) is 15.9 Å². The second kappa shape index (κ2) is 7.91. The number of ether oxygens (including phenoxy) is 3. The molecular formula is C20H17N3O6S. The van der Waals surface area contributed by atoms with Crippen molar-refractivity contribution >= 4 is 27.3 Å². The van der Waals surface area contributed by atoms with Crippen LogP contribution in [0.4, 0.5) is 11.4 Å². The zero-order valence-corrected chi connectivity index (χ0v) is 16.6. The van der Waals surface area contributed by atoms with Crippen LogP contribution in [0.25, 0.3) is 0 Å². The van der Waals surface area contributed by atoms with Gasteiger partial charge >= 0.3 is 0 Å². The molecule has 0 bridgehead atoms. The molecule has 30 heavy (non-hydrogen) atoms. The van der Waals surface area contributed by atoms with Crippen molar-refractivity contribution in [3.05, 3.63) is 66.4 Å². The molecule has 2 aromatic carbocycles. The predicted octanol–water partition coefficient (Wildman–Crippen LogP) is 2.87. The molecule has 1 aliphatic rings. The number of carbonyl (C=O) groups excluding carboxylic acids is 1. The van der Waals surface area contributed by atoms with Crippen molar-refractivity contribution in [2.24, 2.45) is 0 Å². The summed E-state index contributed by atoms with van der Waals surface area (Å²) in [6.45, 7) is 0.0897. The number of amides is 1. The number of nitrogens with zero attached hydrogens (tertiary/aromatic N) is 1. The third-order valence-electron chi connectivity index (χ3n) is 4.23. The van der Waals surface area contributed by atoms with Crippen LogP contribution in [0.15, 0.2) is 65.7 Å². The summed E-state index contributed by atoms with van der Waals surface area (Å²) in [7, 11) is -2.43. The zero-order valence-electron chi connectivity index (χ0n) is 15.8. The van der Waals surface area contributed by atoms with Gasteiger partial charge in [0.05, 0.1) is 29.6 Å². The second-order valence-corrected chi connectivity index (χ2v) is 7.93. The summed E-state index contributed by atoms with van der Waals surface area (Å²) in [5.41, 5.74) is 0.949. The fourth-order valence-electron chi connectivity index (χ4n) is 2.76. The Bertz CT molecular complexity index is 1200. The Labute approximate surface area is 172 Å². The maximum Gasteiger partial charge on any atom is 0.261 e. The molecule has 4 rings (SSSR count). The normalized spacial score (nSPS) is 12.3. The number of hydrogen-bond donors (Lipinski definition) is 2. The molecule has 9 nitrogen and oxygen atoms in total. The van der Waals surface area contributed by atoms with E-state index in [9.17, 15) is 13.2 Å². The van der Waals surface area contributed by atoms with E-state index in [1.807, 2.05) is 0 Å². The van der Waals surface area contributed by atoms with Crippen LogP contribution in [0, 0.1) is 0 Å². The number of anilines is 2. The molecule has 154 valence electrons. The minimum absolute atomic E-state index is 0.0549. The number of pyridine rings is 1. The predicted molar refractivity (Wildman–Crippen MR) is 109 cm³/mol. The molecule has 0 fully saturated rings. The van der Waals surface area contributed by atoms with E-state index < -0.39 is 15.9 Å². The maximum absolute atomic E-state index is 12.8. The summed E-state index contributed by atoms with van der Waals surface area (Å²) in [6.07, 6.45) is 1.44. The van der Waals surface area contributed by atoms with Crippen LogP contribution in [-0.4, -0.2) is 33.2 Å². The third kappa shape index (κ3) is 4.13. The lowest BCUT2D eigenvalue weighted by Crippen LogP contribution is -2.16. The fourth-order valence-corrected chi connectivity index (χ4v) is 3.85. The second-order valence-electron chi connectivity index (χ2n) is 6.24. The average molecular weight is 427 g/mol. The minimum atomic E-state index is -3.92. The fraction of sp³-hybridized carbons (Fsp3) is 0.100. The number of nitrogens with one attached hydrogen (secondary N) is 2. The largest absolute Gasteiger partial charge is 0.481 e. The minimum Gasteiger partial charge on any atom is -0.481 e. The molecule has 0 spiro atoms. The van der Waals surface area contributed by atoms with Gasteiger partial charge in [0, 0.05) is 17.7 Å². The monoisotopic (exact) mass is 427 g/mol. The molecule has 1 aliphatic heterocycles. The summed E-state index contributed by atoms with van der Waals surface area (Å²) >= 11 is 0.